The van der Waals surface area contributed by atoms with Crippen molar-refractivity contribution in [3.05, 3.63) is 22.3 Å². The van der Waals surface area contributed by atoms with Gasteiger partial charge in [0.2, 0.25) is 5.78 Å². The number of ether oxygens (including phenoxy) is 2. The first-order chi connectivity index (χ1) is 18.6. The van der Waals surface area contributed by atoms with Gasteiger partial charge < -0.3 is 14.6 Å². The Kier molecular flexibility index (Phi) is 18.4. The zero-order valence-electron chi connectivity index (χ0n) is 28.0. The molecule has 0 bridgehead atoms. The normalized spacial score (nSPS) is 17.2. The van der Waals surface area contributed by atoms with E-state index in [4.69, 9.17) is 14.6 Å². The number of carbonyl (C=O) groups excluding carboxylic acids is 2. The van der Waals surface area contributed by atoms with Crippen LogP contribution in [0.1, 0.15) is 135 Å². The fourth-order valence-electron chi connectivity index (χ4n) is 5.56. The minimum atomic E-state index is -1.38. The van der Waals surface area contributed by atoms with Crippen LogP contribution in [0.2, 0.25) is 0 Å². The van der Waals surface area contributed by atoms with Crippen molar-refractivity contribution in [2.24, 2.45) is 17.8 Å². The number of fused-ring (bicyclic) bond motifs is 1. The summed E-state index contributed by atoms with van der Waals surface area (Å²) in [6.07, 6.45) is 13.9. The number of hydrogen-bond acceptors (Lipinski definition) is 5. The molecule has 1 radical (unpaired) electrons. The van der Waals surface area contributed by atoms with Gasteiger partial charge in [-0.1, -0.05) is 72.6 Å². The molecule has 229 valence electrons. The van der Waals surface area contributed by atoms with Gasteiger partial charge in [-0.3, -0.25) is 9.59 Å². The van der Waals surface area contributed by atoms with E-state index in [0.717, 1.165) is 72.1 Å². The molecule has 1 heterocycles. The topological polar surface area (TPSA) is 89.9 Å². The Bertz CT molecular complexity index is 990. The Balaban J connectivity index is 0.00000206. The molecule has 0 aromatic heterocycles. The third kappa shape index (κ3) is 14.1. The predicted molar refractivity (Wildman–Crippen MR) is 168 cm³/mol. The molecule has 0 aliphatic carbocycles. The average molecular weight is 584 g/mol. The van der Waals surface area contributed by atoms with E-state index in [0.29, 0.717) is 0 Å². The molecule has 7 heteroatoms. The maximum Gasteiger partial charge on any atom is 0.371 e. The average Bonchev–Trinajstić information content (AvgIpc) is 2.85. The quantitative estimate of drug-likeness (QED) is 0.102. The first-order valence-electron chi connectivity index (χ1n) is 15.3. The van der Waals surface area contributed by atoms with Gasteiger partial charge >= 0.3 is 11.9 Å². The number of rotatable bonds is 14. The van der Waals surface area contributed by atoms with E-state index in [1.54, 1.807) is 0 Å². The molecule has 1 aromatic rings. The van der Waals surface area contributed by atoms with E-state index in [9.17, 15) is 14.4 Å². The molecule has 2 rings (SSSR count). The number of carboxylic acid groups (broad SMARTS) is 1. The van der Waals surface area contributed by atoms with Gasteiger partial charge in [0.15, 0.2) is 0 Å². The Morgan fingerprint density at radius 3 is 1.80 bits per heavy atom. The summed E-state index contributed by atoms with van der Waals surface area (Å²) in [5.41, 5.74) is 4.29. The van der Waals surface area contributed by atoms with Gasteiger partial charge in [0, 0.05) is 49.0 Å². The molecule has 0 unspecified atom stereocenters. The number of carbonyl (C=O) groups is 3. The largest absolute Gasteiger partial charge is 0.487 e. The van der Waals surface area contributed by atoms with Crippen LogP contribution in [-0.2, 0) is 20.8 Å². The molecular formula is C34H56NaO6. The molecule has 0 spiro atoms. The maximum absolute atomic E-state index is 11.6. The summed E-state index contributed by atoms with van der Waals surface area (Å²) in [5.74, 6) is 1.79. The van der Waals surface area contributed by atoms with Crippen molar-refractivity contribution in [2.75, 3.05) is 0 Å². The summed E-state index contributed by atoms with van der Waals surface area (Å²) in [4.78, 5) is 30.5. The van der Waals surface area contributed by atoms with Crippen LogP contribution in [0.4, 0.5) is 0 Å². The second-order valence-corrected chi connectivity index (χ2v) is 12.9. The predicted octanol–water partition coefficient (Wildman–Crippen LogP) is 8.34. The summed E-state index contributed by atoms with van der Waals surface area (Å²) in [5, 5.41) is 7.64. The standard InChI is InChI=1S/C31H52O3.C3H4O3.Na/c1-21(2)13-10-14-22(3)15-11-16-23(4)17-12-19-31(9)20-18-28-26(7)29(33-27(8)32)24(5)25(6)30(28)34-31;1-2(4)3(5)6;/h21-23H,10-20H2,1-9H3;1H3,(H,5,6);/t22-,23-,31-;;/m1../s1. The summed E-state index contributed by atoms with van der Waals surface area (Å²) < 4.78 is 12.2. The zero-order chi connectivity index (χ0) is 30.6. The summed E-state index contributed by atoms with van der Waals surface area (Å²) in [6, 6.07) is 0. The fraction of sp³-hybridized carbons (Fsp3) is 0.735. The van der Waals surface area contributed by atoms with Crippen molar-refractivity contribution in [3.63, 3.8) is 0 Å². The Hall–Kier alpha value is -1.37. The number of esters is 1. The van der Waals surface area contributed by atoms with Crippen LogP contribution in [0, 0.1) is 38.5 Å². The smallest absolute Gasteiger partial charge is 0.371 e. The van der Waals surface area contributed by atoms with E-state index >= 15 is 0 Å². The summed E-state index contributed by atoms with van der Waals surface area (Å²) in [7, 11) is 0. The number of benzene rings is 1. The molecule has 41 heavy (non-hydrogen) atoms. The Morgan fingerprint density at radius 1 is 0.854 bits per heavy atom. The molecular weight excluding hydrogens is 527 g/mol. The summed E-state index contributed by atoms with van der Waals surface area (Å²) >= 11 is 0. The SMILES string of the molecule is CC(=O)C(=O)O.CC(=O)Oc1c(C)c(C)c2c(c1C)CC[C@@](C)(CCC[C@H](C)CCC[C@H](C)CCCC(C)C)O2.[Na]. The van der Waals surface area contributed by atoms with Gasteiger partial charge in [0.1, 0.15) is 17.1 Å². The number of aliphatic carboxylic acids is 1. The summed E-state index contributed by atoms with van der Waals surface area (Å²) in [6.45, 7) is 20.5. The number of hydrogen-bond donors (Lipinski definition) is 1. The molecule has 0 amide bonds. The third-order valence-corrected chi connectivity index (χ3v) is 8.39. The molecule has 1 aliphatic rings. The van der Waals surface area contributed by atoms with Crippen molar-refractivity contribution < 1.29 is 29.0 Å². The Morgan fingerprint density at radius 2 is 1.34 bits per heavy atom. The van der Waals surface area contributed by atoms with Crippen LogP contribution in [0.25, 0.3) is 0 Å². The van der Waals surface area contributed by atoms with Crippen molar-refractivity contribution in [1.82, 2.24) is 0 Å². The fourth-order valence-corrected chi connectivity index (χ4v) is 5.56. The molecule has 1 aromatic carbocycles. The number of ketones is 1. The van der Waals surface area contributed by atoms with Gasteiger partial charge in [-0.2, -0.15) is 0 Å². The van der Waals surface area contributed by atoms with Crippen molar-refractivity contribution >= 4 is 47.3 Å². The van der Waals surface area contributed by atoms with Crippen molar-refractivity contribution in [3.8, 4) is 11.5 Å². The molecule has 3 atom stereocenters. The van der Waals surface area contributed by atoms with Gasteiger partial charge in [-0.15, -0.1) is 0 Å². The van der Waals surface area contributed by atoms with Crippen LogP contribution >= 0.6 is 0 Å². The van der Waals surface area contributed by atoms with E-state index < -0.39 is 11.8 Å². The van der Waals surface area contributed by atoms with E-state index in [1.807, 2.05) is 6.92 Å². The number of carboxylic acids is 1. The monoisotopic (exact) mass is 583 g/mol. The Labute approximate surface area is 272 Å². The maximum atomic E-state index is 11.6. The van der Waals surface area contributed by atoms with E-state index in [2.05, 4.69) is 48.5 Å². The minimum Gasteiger partial charge on any atom is -0.487 e. The molecule has 6 nitrogen and oxygen atoms in total. The van der Waals surface area contributed by atoms with Gasteiger partial charge in [0.05, 0.1) is 0 Å². The molecule has 0 fully saturated rings. The number of Topliss-reactive ketones (excluding diaryl/α,β-unsaturated/α-hetero) is 1. The third-order valence-electron chi connectivity index (χ3n) is 8.39. The van der Waals surface area contributed by atoms with Gasteiger partial charge in [-0.05, 0) is 87.8 Å². The van der Waals surface area contributed by atoms with E-state index in [1.165, 1.54) is 63.9 Å². The first-order valence-corrected chi connectivity index (χ1v) is 15.3. The molecule has 0 saturated heterocycles. The van der Waals surface area contributed by atoms with Crippen molar-refractivity contribution in [2.45, 2.75) is 145 Å². The first kappa shape index (κ1) is 39.6. The molecule has 1 aliphatic heterocycles. The van der Waals surface area contributed by atoms with Crippen LogP contribution < -0.4 is 9.47 Å². The van der Waals surface area contributed by atoms with Crippen LogP contribution in [0.3, 0.4) is 0 Å². The van der Waals surface area contributed by atoms with Gasteiger partial charge in [-0.25, -0.2) is 4.79 Å². The van der Waals surface area contributed by atoms with Crippen molar-refractivity contribution in [1.29, 1.82) is 0 Å². The second-order valence-electron chi connectivity index (χ2n) is 12.9. The zero-order valence-corrected chi connectivity index (χ0v) is 30.0. The molecule has 0 saturated carbocycles. The van der Waals surface area contributed by atoms with Crippen LogP contribution in [0.15, 0.2) is 0 Å². The second kappa shape index (κ2) is 19.0. The molecule has 1 N–H and O–H groups in total. The van der Waals surface area contributed by atoms with Gasteiger partial charge in [0.25, 0.3) is 0 Å². The van der Waals surface area contributed by atoms with Crippen LogP contribution in [-0.4, -0.2) is 58.0 Å². The van der Waals surface area contributed by atoms with E-state index in [-0.39, 0.29) is 41.1 Å². The minimum absolute atomic E-state index is 0. The van der Waals surface area contributed by atoms with Crippen LogP contribution in [0.5, 0.6) is 11.5 Å².